The van der Waals surface area contributed by atoms with Crippen molar-refractivity contribution in [2.45, 2.75) is 56.8 Å². The SMILES string of the molecule is Nc1sc(C2CCCCC2)nc1-c1cccc(C2CC2)c1. The Morgan fingerprint density at radius 2 is 1.81 bits per heavy atom. The van der Waals surface area contributed by atoms with E-state index in [0.29, 0.717) is 5.92 Å². The zero-order chi connectivity index (χ0) is 14.2. The lowest BCUT2D eigenvalue weighted by atomic mass is 9.90. The fraction of sp³-hybridized carbons (Fsp3) is 0.500. The molecule has 2 N–H and O–H groups in total. The average Bonchev–Trinajstić information content (AvgIpc) is 3.31. The number of rotatable bonds is 3. The molecular formula is C18H22N2S. The van der Waals surface area contributed by atoms with Crippen LogP contribution in [0.3, 0.4) is 0 Å². The topological polar surface area (TPSA) is 38.9 Å². The van der Waals surface area contributed by atoms with E-state index in [2.05, 4.69) is 24.3 Å². The fourth-order valence-corrected chi connectivity index (χ4v) is 4.46. The van der Waals surface area contributed by atoms with Gasteiger partial charge < -0.3 is 5.73 Å². The molecule has 0 bridgehead atoms. The summed E-state index contributed by atoms with van der Waals surface area (Å²) >= 11 is 1.71. The summed E-state index contributed by atoms with van der Waals surface area (Å²) in [5, 5.41) is 2.16. The van der Waals surface area contributed by atoms with Crippen LogP contribution < -0.4 is 5.73 Å². The van der Waals surface area contributed by atoms with Gasteiger partial charge in [0.05, 0.1) is 5.01 Å². The molecule has 110 valence electrons. The van der Waals surface area contributed by atoms with Crippen LogP contribution in [0.25, 0.3) is 11.3 Å². The van der Waals surface area contributed by atoms with Crippen molar-refractivity contribution in [1.29, 1.82) is 0 Å². The highest BCUT2D eigenvalue weighted by Gasteiger charge is 2.25. The van der Waals surface area contributed by atoms with Crippen LogP contribution in [0.1, 0.15) is 67.4 Å². The number of hydrogen-bond donors (Lipinski definition) is 1. The van der Waals surface area contributed by atoms with Gasteiger partial charge in [-0.3, -0.25) is 0 Å². The molecule has 21 heavy (non-hydrogen) atoms. The third-order valence-electron chi connectivity index (χ3n) is 4.83. The maximum absolute atomic E-state index is 6.28. The quantitative estimate of drug-likeness (QED) is 0.833. The van der Waals surface area contributed by atoms with Gasteiger partial charge in [0.15, 0.2) is 0 Å². The highest BCUT2D eigenvalue weighted by atomic mass is 32.1. The van der Waals surface area contributed by atoms with Gasteiger partial charge in [0.25, 0.3) is 0 Å². The third kappa shape index (κ3) is 2.71. The standard InChI is InChI=1S/C18H22N2S/c19-17-16(15-8-4-7-14(11-15)12-9-10-12)20-18(21-17)13-5-2-1-3-6-13/h4,7-8,11-13H,1-3,5-6,9-10,19H2. The Morgan fingerprint density at radius 1 is 1.00 bits per heavy atom. The Balaban J connectivity index is 1.65. The first kappa shape index (κ1) is 13.3. The molecule has 0 spiro atoms. The predicted molar refractivity (Wildman–Crippen MR) is 89.8 cm³/mol. The molecule has 0 unspecified atom stereocenters. The number of nitrogens with two attached hydrogens (primary N) is 1. The van der Waals surface area contributed by atoms with Crippen molar-refractivity contribution >= 4 is 16.3 Å². The molecule has 0 amide bonds. The van der Waals surface area contributed by atoms with Crippen LogP contribution in [0.15, 0.2) is 24.3 Å². The first-order valence-corrected chi connectivity index (χ1v) is 8.99. The van der Waals surface area contributed by atoms with Crippen LogP contribution in [-0.2, 0) is 0 Å². The molecule has 1 aromatic heterocycles. The summed E-state index contributed by atoms with van der Waals surface area (Å²) < 4.78 is 0. The molecule has 4 rings (SSSR count). The lowest BCUT2D eigenvalue weighted by molar-refractivity contribution is 0.442. The van der Waals surface area contributed by atoms with E-state index >= 15 is 0 Å². The number of nitrogen functional groups attached to an aromatic ring is 1. The van der Waals surface area contributed by atoms with Crippen molar-refractivity contribution < 1.29 is 0 Å². The number of anilines is 1. The molecule has 1 aromatic carbocycles. The maximum Gasteiger partial charge on any atom is 0.114 e. The largest absolute Gasteiger partial charge is 0.389 e. The Kier molecular flexibility index (Phi) is 3.46. The second-order valence-electron chi connectivity index (χ2n) is 6.50. The van der Waals surface area contributed by atoms with Gasteiger partial charge >= 0.3 is 0 Å². The first-order valence-electron chi connectivity index (χ1n) is 8.18. The third-order valence-corrected chi connectivity index (χ3v) is 5.88. The molecule has 0 radical (unpaired) electrons. The van der Waals surface area contributed by atoms with Crippen LogP contribution in [0.2, 0.25) is 0 Å². The van der Waals surface area contributed by atoms with E-state index in [4.69, 9.17) is 10.7 Å². The molecule has 0 atom stereocenters. The monoisotopic (exact) mass is 298 g/mol. The summed E-state index contributed by atoms with van der Waals surface area (Å²) in [7, 11) is 0. The molecular weight excluding hydrogens is 276 g/mol. The molecule has 2 nitrogen and oxygen atoms in total. The summed E-state index contributed by atoms with van der Waals surface area (Å²) in [5.41, 5.74) is 9.96. The van der Waals surface area contributed by atoms with Crippen LogP contribution in [0.5, 0.6) is 0 Å². The van der Waals surface area contributed by atoms with Gasteiger partial charge in [0.1, 0.15) is 10.7 Å². The first-order chi connectivity index (χ1) is 10.3. The van der Waals surface area contributed by atoms with E-state index in [-0.39, 0.29) is 0 Å². The molecule has 2 aromatic rings. The number of thiazole rings is 1. The maximum atomic E-state index is 6.28. The number of benzene rings is 1. The van der Waals surface area contributed by atoms with E-state index in [1.54, 1.807) is 11.3 Å². The van der Waals surface area contributed by atoms with Gasteiger partial charge in [0.2, 0.25) is 0 Å². The van der Waals surface area contributed by atoms with E-state index in [1.165, 1.54) is 61.1 Å². The van der Waals surface area contributed by atoms with Crippen molar-refractivity contribution in [2.24, 2.45) is 0 Å². The van der Waals surface area contributed by atoms with Crippen LogP contribution in [0.4, 0.5) is 5.00 Å². The molecule has 1 heterocycles. The molecule has 2 saturated carbocycles. The van der Waals surface area contributed by atoms with Gasteiger partial charge in [-0.15, -0.1) is 11.3 Å². The summed E-state index contributed by atoms with van der Waals surface area (Å²) in [6.45, 7) is 0. The zero-order valence-corrected chi connectivity index (χ0v) is 13.2. The number of aromatic nitrogens is 1. The zero-order valence-electron chi connectivity index (χ0n) is 12.3. The van der Waals surface area contributed by atoms with E-state index < -0.39 is 0 Å². The van der Waals surface area contributed by atoms with Crippen LogP contribution >= 0.6 is 11.3 Å². The smallest absolute Gasteiger partial charge is 0.114 e. The van der Waals surface area contributed by atoms with Gasteiger partial charge in [0, 0.05) is 11.5 Å². The number of hydrogen-bond acceptors (Lipinski definition) is 3. The lowest BCUT2D eigenvalue weighted by Crippen LogP contribution is -2.03. The minimum absolute atomic E-state index is 0.645. The highest BCUT2D eigenvalue weighted by Crippen LogP contribution is 2.43. The molecule has 2 aliphatic rings. The highest BCUT2D eigenvalue weighted by molar-refractivity contribution is 7.16. The molecule has 0 saturated heterocycles. The molecule has 2 aliphatic carbocycles. The van der Waals surface area contributed by atoms with Crippen molar-refractivity contribution in [3.63, 3.8) is 0 Å². The van der Waals surface area contributed by atoms with E-state index in [1.807, 2.05) is 0 Å². The lowest BCUT2D eigenvalue weighted by Gasteiger charge is -2.18. The van der Waals surface area contributed by atoms with Crippen molar-refractivity contribution in [2.75, 3.05) is 5.73 Å². The van der Waals surface area contributed by atoms with E-state index in [0.717, 1.165) is 16.6 Å². The molecule has 3 heteroatoms. The van der Waals surface area contributed by atoms with Crippen LogP contribution in [-0.4, -0.2) is 4.98 Å². The van der Waals surface area contributed by atoms with Gasteiger partial charge in [-0.1, -0.05) is 37.5 Å². The van der Waals surface area contributed by atoms with Gasteiger partial charge in [-0.05, 0) is 43.2 Å². The summed E-state index contributed by atoms with van der Waals surface area (Å²) in [6.07, 6.45) is 9.32. The predicted octanol–water partition coefficient (Wildman–Crippen LogP) is 5.32. The average molecular weight is 298 g/mol. The summed E-state index contributed by atoms with van der Waals surface area (Å²) in [5.74, 6) is 1.43. The molecule has 2 fully saturated rings. The van der Waals surface area contributed by atoms with Crippen LogP contribution in [0, 0.1) is 0 Å². The minimum Gasteiger partial charge on any atom is -0.389 e. The normalized spacial score (nSPS) is 19.8. The van der Waals surface area contributed by atoms with E-state index in [9.17, 15) is 0 Å². The summed E-state index contributed by atoms with van der Waals surface area (Å²) in [6, 6.07) is 8.85. The Morgan fingerprint density at radius 3 is 2.57 bits per heavy atom. The molecule has 0 aliphatic heterocycles. The van der Waals surface area contributed by atoms with Gasteiger partial charge in [-0.25, -0.2) is 4.98 Å². The van der Waals surface area contributed by atoms with Crippen molar-refractivity contribution in [3.05, 3.63) is 34.8 Å². The minimum atomic E-state index is 0.645. The van der Waals surface area contributed by atoms with Crippen molar-refractivity contribution in [3.8, 4) is 11.3 Å². The second kappa shape index (κ2) is 5.45. The Hall–Kier alpha value is -1.35. The second-order valence-corrected chi connectivity index (χ2v) is 7.56. The van der Waals surface area contributed by atoms with Gasteiger partial charge in [-0.2, -0.15) is 0 Å². The van der Waals surface area contributed by atoms with Crippen molar-refractivity contribution in [1.82, 2.24) is 4.98 Å². The fourth-order valence-electron chi connectivity index (χ4n) is 3.44. The Labute approximate surface area is 130 Å². The summed E-state index contributed by atoms with van der Waals surface area (Å²) in [4.78, 5) is 4.92. The number of nitrogens with zero attached hydrogens (tertiary/aromatic N) is 1. The Bertz CT molecular complexity index is 636.